The Labute approximate surface area is 373 Å². The molecule has 1 spiro atoms. The molecule has 0 saturated heterocycles. The van der Waals surface area contributed by atoms with Crippen LogP contribution in [0.5, 0.6) is 11.5 Å². The summed E-state index contributed by atoms with van der Waals surface area (Å²) in [5.74, 6) is 2.43. The molecule has 0 bridgehead atoms. The number of rotatable bonds is 4. The molecule has 3 aromatic heterocycles. The van der Waals surface area contributed by atoms with E-state index in [1.165, 1.54) is 27.6 Å². The Morgan fingerprint density at radius 1 is 0.369 bits per heavy atom. The van der Waals surface area contributed by atoms with Crippen LogP contribution in [0.1, 0.15) is 22.3 Å². The fraction of sp³-hybridized carbons (Fsp3) is 0.0167. The summed E-state index contributed by atoms with van der Waals surface area (Å²) in [6, 6.07) is 74.6. The molecule has 4 heterocycles. The highest BCUT2D eigenvalue weighted by molar-refractivity contribution is 6.20. The van der Waals surface area contributed by atoms with Crippen LogP contribution in [0.4, 0.5) is 0 Å². The van der Waals surface area contributed by atoms with Crippen molar-refractivity contribution in [1.82, 2.24) is 15.0 Å². The summed E-state index contributed by atoms with van der Waals surface area (Å²) in [7, 11) is 0. The normalized spacial score (nSPS) is 13.2. The van der Waals surface area contributed by atoms with E-state index in [0.717, 1.165) is 100 Å². The molecule has 12 aromatic rings. The second kappa shape index (κ2) is 13.7. The summed E-state index contributed by atoms with van der Waals surface area (Å²) >= 11 is 0. The summed E-state index contributed by atoms with van der Waals surface area (Å²) in [6.07, 6.45) is 0. The van der Waals surface area contributed by atoms with Crippen LogP contribution in [-0.4, -0.2) is 15.0 Å². The topological polar surface area (TPSA) is 61.0 Å². The van der Waals surface area contributed by atoms with Gasteiger partial charge in [-0.1, -0.05) is 176 Å². The third kappa shape index (κ3) is 5.12. The predicted molar refractivity (Wildman–Crippen MR) is 261 cm³/mol. The van der Waals surface area contributed by atoms with Crippen molar-refractivity contribution in [3.63, 3.8) is 0 Å². The van der Waals surface area contributed by atoms with Crippen LogP contribution in [0.2, 0.25) is 0 Å². The van der Waals surface area contributed by atoms with Crippen molar-refractivity contribution in [2.75, 3.05) is 0 Å². The first-order chi connectivity index (χ1) is 32.2. The number of aromatic nitrogens is 3. The predicted octanol–water partition coefficient (Wildman–Crippen LogP) is 15.2. The van der Waals surface area contributed by atoms with Gasteiger partial charge >= 0.3 is 0 Å². The van der Waals surface area contributed by atoms with Gasteiger partial charge in [0.2, 0.25) is 0 Å². The second-order valence-corrected chi connectivity index (χ2v) is 17.0. The van der Waals surface area contributed by atoms with E-state index < -0.39 is 5.41 Å². The van der Waals surface area contributed by atoms with Crippen LogP contribution in [0.25, 0.3) is 99.9 Å². The first kappa shape index (κ1) is 35.9. The Balaban J connectivity index is 0.968. The van der Waals surface area contributed by atoms with Crippen LogP contribution in [0, 0.1) is 0 Å². The van der Waals surface area contributed by atoms with Gasteiger partial charge in [-0.15, -0.1) is 0 Å². The largest absolute Gasteiger partial charge is 0.457 e. The molecule has 0 radical (unpaired) electrons. The first-order valence-electron chi connectivity index (χ1n) is 22.0. The van der Waals surface area contributed by atoms with Crippen molar-refractivity contribution in [2.24, 2.45) is 0 Å². The quantitative estimate of drug-likeness (QED) is 0.165. The van der Waals surface area contributed by atoms with Crippen molar-refractivity contribution in [1.29, 1.82) is 0 Å². The number of benzene rings is 9. The molecule has 0 amide bonds. The maximum atomic E-state index is 6.64. The third-order valence-electron chi connectivity index (χ3n) is 13.6. The monoisotopic (exact) mass is 829 g/mol. The molecule has 5 heteroatoms. The molecule has 14 rings (SSSR count). The zero-order chi connectivity index (χ0) is 42.6. The number of nitrogens with zero attached hydrogens (tertiary/aromatic N) is 3. The minimum absolute atomic E-state index is 0.566. The molecule has 5 nitrogen and oxygen atoms in total. The Kier molecular flexibility index (Phi) is 7.54. The van der Waals surface area contributed by atoms with Crippen LogP contribution in [-0.2, 0) is 5.41 Å². The fourth-order valence-corrected chi connectivity index (χ4v) is 10.8. The van der Waals surface area contributed by atoms with Crippen LogP contribution in [0.15, 0.2) is 217 Å². The number of fused-ring (bicyclic) bond motifs is 16. The number of para-hydroxylation sites is 4. The van der Waals surface area contributed by atoms with E-state index in [1.807, 2.05) is 42.5 Å². The number of hydrogen-bond donors (Lipinski definition) is 0. The molecule has 65 heavy (non-hydrogen) atoms. The summed E-state index contributed by atoms with van der Waals surface area (Å²) in [5, 5.41) is 5.54. The van der Waals surface area contributed by atoms with Gasteiger partial charge in [-0.3, -0.25) is 0 Å². The van der Waals surface area contributed by atoms with E-state index in [-0.39, 0.29) is 0 Å². The Morgan fingerprint density at radius 3 is 1.82 bits per heavy atom. The average molecular weight is 830 g/mol. The fourth-order valence-electron chi connectivity index (χ4n) is 10.8. The molecule has 1 aliphatic carbocycles. The maximum Gasteiger partial charge on any atom is 0.160 e. The van der Waals surface area contributed by atoms with Crippen molar-refractivity contribution in [3.8, 4) is 67.8 Å². The number of hydrogen-bond acceptors (Lipinski definition) is 5. The van der Waals surface area contributed by atoms with Gasteiger partial charge in [-0.25, -0.2) is 15.0 Å². The SMILES string of the molecule is c1ccc(-c2nc(-c3ccc(-c4nc5ccccc5c5c6c(ccc45)C4(c5ccccc5Oc5ccccc54)c4ccccc4-6)cc3)cc(-c3cccc4oc5ccccc5c34)n2)cc1. The molecule has 302 valence electrons. The number of furan rings is 1. The molecule has 0 N–H and O–H groups in total. The van der Waals surface area contributed by atoms with Crippen molar-refractivity contribution in [3.05, 3.63) is 235 Å². The highest BCUT2D eigenvalue weighted by Gasteiger charge is 2.51. The van der Waals surface area contributed by atoms with Crippen LogP contribution >= 0.6 is 0 Å². The minimum Gasteiger partial charge on any atom is -0.457 e. The highest BCUT2D eigenvalue weighted by Crippen LogP contribution is 2.63. The van der Waals surface area contributed by atoms with E-state index >= 15 is 0 Å². The molecule has 0 atom stereocenters. The lowest BCUT2D eigenvalue weighted by Crippen LogP contribution is -2.32. The highest BCUT2D eigenvalue weighted by atomic mass is 16.5. The summed E-state index contributed by atoms with van der Waals surface area (Å²) in [6.45, 7) is 0. The van der Waals surface area contributed by atoms with E-state index in [1.54, 1.807) is 0 Å². The van der Waals surface area contributed by atoms with Crippen LogP contribution < -0.4 is 4.74 Å². The zero-order valence-corrected chi connectivity index (χ0v) is 34.9. The third-order valence-corrected chi connectivity index (χ3v) is 13.6. The van der Waals surface area contributed by atoms with Gasteiger partial charge in [0.05, 0.1) is 28.0 Å². The average Bonchev–Trinajstić information content (AvgIpc) is 3.90. The number of ether oxygens (including phenoxy) is 1. The van der Waals surface area contributed by atoms with Gasteiger partial charge < -0.3 is 9.15 Å². The van der Waals surface area contributed by atoms with E-state index in [9.17, 15) is 0 Å². The van der Waals surface area contributed by atoms with E-state index in [2.05, 4.69) is 170 Å². The van der Waals surface area contributed by atoms with Crippen LogP contribution in [0.3, 0.4) is 0 Å². The summed E-state index contributed by atoms with van der Waals surface area (Å²) in [4.78, 5) is 15.8. The lowest BCUT2D eigenvalue weighted by atomic mass is 9.66. The Bertz CT molecular complexity index is 3880. The summed E-state index contributed by atoms with van der Waals surface area (Å²) in [5.41, 5.74) is 15.9. The molecular formula is C60H35N3O2. The van der Waals surface area contributed by atoms with Crippen molar-refractivity contribution < 1.29 is 9.15 Å². The maximum absolute atomic E-state index is 6.64. The molecule has 1 aliphatic heterocycles. The molecule has 2 aliphatic rings. The van der Waals surface area contributed by atoms with Gasteiger partial charge in [-0.2, -0.15) is 0 Å². The standard InChI is InChI=1S/C60H35N3O2/c1-2-15-38(16-3-1)59-62-49(35-50(63-59)41-20-14-28-54-55(41)42-19-6-11-25-51(42)64-54)36-29-31-37(32-30-36)58-43-33-34-47-57(56(43)40-18-5-10-24-48(40)61-58)39-17-4-7-21-44(39)60(47)45-22-8-12-26-52(45)65-53-27-13-9-23-46(53)60/h1-35H. The van der Waals surface area contributed by atoms with Gasteiger partial charge in [0.25, 0.3) is 0 Å². The van der Waals surface area contributed by atoms with E-state index in [4.69, 9.17) is 24.1 Å². The van der Waals surface area contributed by atoms with E-state index in [0.29, 0.717) is 5.82 Å². The molecule has 0 saturated carbocycles. The Morgan fingerprint density at radius 2 is 1.00 bits per heavy atom. The van der Waals surface area contributed by atoms with Gasteiger partial charge in [-0.05, 0) is 58.7 Å². The summed E-state index contributed by atoms with van der Waals surface area (Å²) < 4.78 is 12.9. The molecule has 0 unspecified atom stereocenters. The number of pyridine rings is 1. The first-order valence-corrected chi connectivity index (χ1v) is 22.0. The lowest BCUT2D eigenvalue weighted by molar-refractivity contribution is 0.436. The van der Waals surface area contributed by atoms with Gasteiger partial charge in [0.1, 0.15) is 22.7 Å². The second-order valence-electron chi connectivity index (χ2n) is 17.0. The zero-order valence-electron chi connectivity index (χ0n) is 34.9. The lowest BCUT2D eigenvalue weighted by Gasteiger charge is -2.39. The molecule has 9 aromatic carbocycles. The van der Waals surface area contributed by atoms with Crippen molar-refractivity contribution >= 4 is 43.6 Å². The smallest absolute Gasteiger partial charge is 0.160 e. The Hall–Kier alpha value is -8.67. The molecule has 0 fully saturated rings. The van der Waals surface area contributed by atoms with Gasteiger partial charge in [0, 0.05) is 60.3 Å². The van der Waals surface area contributed by atoms with Crippen molar-refractivity contribution in [2.45, 2.75) is 5.41 Å². The van der Waals surface area contributed by atoms with Gasteiger partial charge in [0.15, 0.2) is 5.82 Å². The minimum atomic E-state index is -0.566. The molecular weight excluding hydrogens is 795 g/mol.